The number of hydrogen-bond acceptors (Lipinski definition) is 2. The van der Waals surface area contributed by atoms with Crippen molar-refractivity contribution in [3.63, 3.8) is 0 Å². The number of rotatable bonds is 3. The molecule has 0 fully saturated rings. The topological polar surface area (TPSA) is 12.0 Å². The van der Waals surface area contributed by atoms with Crippen molar-refractivity contribution in [3.8, 4) is 0 Å². The smallest absolute Gasteiger partial charge is 0.128 e. The lowest BCUT2D eigenvalue weighted by Gasteiger charge is -2.08. The van der Waals surface area contributed by atoms with Crippen molar-refractivity contribution in [1.82, 2.24) is 0 Å². The number of fused-ring (bicyclic) bond motifs is 3. The second kappa shape index (κ2) is 5.63. The highest BCUT2D eigenvalue weighted by Crippen LogP contribution is 2.35. The van der Waals surface area contributed by atoms with Gasteiger partial charge in [0.05, 0.1) is 0 Å². The molecule has 23 heavy (non-hydrogen) atoms. The Bertz CT molecular complexity index is 1010. The number of thiophene rings is 1. The molecule has 0 atom stereocenters. The van der Waals surface area contributed by atoms with Crippen LogP contribution in [0.4, 0.5) is 14.5 Å². The molecule has 0 unspecified atom stereocenters. The maximum absolute atomic E-state index is 13.7. The normalized spacial score (nSPS) is 11.2. The molecule has 0 amide bonds. The Kier molecular flexibility index (Phi) is 3.46. The molecule has 0 bridgehead atoms. The zero-order valence-electron chi connectivity index (χ0n) is 12.1. The van der Waals surface area contributed by atoms with Crippen molar-refractivity contribution in [2.45, 2.75) is 6.54 Å². The third-order valence-electron chi connectivity index (χ3n) is 3.87. The first kappa shape index (κ1) is 14.2. The van der Waals surface area contributed by atoms with Gasteiger partial charge in [0.2, 0.25) is 0 Å². The molecular weight excluding hydrogens is 312 g/mol. The Morgan fingerprint density at radius 1 is 0.826 bits per heavy atom. The molecule has 1 nitrogen and oxygen atoms in total. The molecule has 4 aromatic rings. The van der Waals surface area contributed by atoms with E-state index >= 15 is 0 Å². The van der Waals surface area contributed by atoms with Crippen molar-refractivity contribution < 1.29 is 8.78 Å². The summed E-state index contributed by atoms with van der Waals surface area (Å²) in [5.41, 5.74) is 1.21. The Balaban J connectivity index is 1.66. The molecule has 0 aliphatic rings. The highest BCUT2D eigenvalue weighted by Gasteiger charge is 2.07. The summed E-state index contributed by atoms with van der Waals surface area (Å²) in [4.78, 5) is 0. The summed E-state index contributed by atoms with van der Waals surface area (Å²) in [7, 11) is 0. The fraction of sp³-hybridized carbons (Fsp3) is 0.0526. The van der Waals surface area contributed by atoms with Gasteiger partial charge in [-0.2, -0.15) is 0 Å². The highest BCUT2D eigenvalue weighted by atomic mass is 32.1. The minimum absolute atomic E-state index is 0.247. The third kappa shape index (κ3) is 2.66. The number of benzene rings is 3. The van der Waals surface area contributed by atoms with Crippen LogP contribution in [-0.4, -0.2) is 0 Å². The van der Waals surface area contributed by atoms with Crippen LogP contribution in [0.5, 0.6) is 0 Å². The number of halogens is 2. The zero-order chi connectivity index (χ0) is 15.8. The molecule has 1 aromatic heterocycles. The lowest BCUT2D eigenvalue weighted by molar-refractivity contribution is 0.587. The van der Waals surface area contributed by atoms with Gasteiger partial charge in [0.15, 0.2) is 0 Å². The maximum Gasteiger partial charge on any atom is 0.128 e. The maximum atomic E-state index is 13.7. The van der Waals surface area contributed by atoms with Crippen molar-refractivity contribution in [3.05, 3.63) is 77.9 Å². The summed E-state index contributed by atoms with van der Waals surface area (Å²) in [6.45, 7) is 0.247. The summed E-state index contributed by atoms with van der Waals surface area (Å²) < 4.78 is 29.4. The van der Waals surface area contributed by atoms with E-state index in [1.165, 1.54) is 26.2 Å². The fourth-order valence-corrected chi connectivity index (χ4v) is 3.80. The Morgan fingerprint density at radius 3 is 2.57 bits per heavy atom. The Labute approximate surface area is 136 Å². The molecular formula is C19H13F2NS. The van der Waals surface area contributed by atoms with E-state index in [0.29, 0.717) is 5.56 Å². The van der Waals surface area contributed by atoms with Gasteiger partial charge in [-0.25, -0.2) is 8.78 Å². The fourth-order valence-electron chi connectivity index (χ4n) is 2.71. The average Bonchev–Trinajstić information content (AvgIpc) is 2.94. The van der Waals surface area contributed by atoms with Crippen LogP contribution in [0.2, 0.25) is 0 Å². The summed E-state index contributed by atoms with van der Waals surface area (Å²) in [6.07, 6.45) is 0. The molecule has 1 heterocycles. The zero-order valence-corrected chi connectivity index (χ0v) is 13.0. The summed E-state index contributed by atoms with van der Waals surface area (Å²) in [5, 5.41) is 5.57. The molecule has 0 aliphatic carbocycles. The van der Waals surface area contributed by atoms with Gasteiger partial charge in [0.1, 0.15) is 11.6 Å². The average molecular weight is 325 g/mol. The molecule has 3 aromatic carbocycles. The summed E-state index contributed by atoms with van der Waals surface area (Å²) >= 11 is 1.75. The Morgan fingerprint density at radius 2 is 1.65 bits per heavy atom. The van der Waals surface area contributed by atoms with Crippen molar-refractivity contribution >= 4 is 37.2 Å². The van der Waals surface area contributed by atoms with E-state index in [9.17, 15) is 8.78 Å². The van der Waals surface area contributed by atoms with E-state index in [1.807, 2.05) is 18.2 Å². The lowest BCUT2D eigenvalue weighted by atomic mass is 10.1. The second-order valence-electron chi connectivity index (χ2n) is 5.40. The number of hydrogen-bond donors (Lipinski definition) is 1. The largest absolute Gasteiger partial charge is 0.381 e. The van der Waals surface area contributed by atoms with Gasteiger partial charge in [0, 0.05) is 38.0 Å². The minimum atomic E-state index is -0.428. The molecule has 0 aliphatic heterocycles. The van der Waals surface area contributed by atoms with Gasteiger partial charge in [-0.15, -0.1) is 11.3 Å². The molecule has 0 saturated heterocycles. The van der Waals surface area contributed by atoms with Gasteiger partial charge in [0.25, 0.3) is 0 Å². The predicted octanol–water partition coefficient (Wildman–Crippen LogP) is 5.94. The van der Waals surface area contributed by atoms with E-state index in [4.69, 9.17) is 0 Å². The molecule has 0 spiro atoms. The highest BCUT2D eigenvalue weighted by molar-refractivity contribution is 7.25. The number of nitrogens with one attached hydrogen (secondary N) is 1. The SMILES string of the molecule is Fc1ccc(F)c(CNc2ccc3sc4ccccc4c3c2)c1. The number of anilines is 1. The van der Waals surface area contributed by atoms with Crippen LogP contribution in [0.1, 0.15) is 5.56 Å². The van der Waals surface area contributed by atoms with Gasteiger partial charge >= 0.3 is 0 Å². The van der Waals surface area contributed by atoms with Crippen LogP contribution >= 0.6 is 11.3 Å². The van der Waals surface area contributed by atoms with Gasteiger partial charge in [-0.05, 0) is 42.5 Å². The lowest BCUT2D eigenvalue weighted by Crippen LogP contribution is -2.02. The second-order valence-corrected chi connectivity index (χ2v) is 6.48. The van der Waals surface area contributed by atoms with Crippen LogP contribution in [0.3, 0.4) is 0 Å². The predicted molar refractivity (Wildman–Crippen MR) is 93.0 cm³/mol. The standard InChI is InChI=1S/C19H13F2NS/c20-13-5-7-17(21)12(9-13)11-22-14-6-8-19-16(10-14)15-3-1-2-4-18(15)23-19/h1-10,22H,11H2. The van der Waals surface area contributed by atoms with Crippen LogP contribution < -0.4 is 5.32 Å². The van der Waals surface area contributed by atoms with Crippen LogP contribution in [0.25, 0.3) is 20.2 Å². The molecule has 1 N–H and O–H groups in total. The third-order valence-corrected chi connectivity index (χ3v) is 5.02. The molecule has 4 heteroatoms. The van der Waals surface area contributed by atoms with Crippen LogP contribution in [0.15, 0.2) is 60.7 Å². The van der Waals surface area contributed by atoms with Gasteiger partial charge < -0.3 is 5.32 Å². The molecule has 0 saturated carbocycles. The van der Waals surface area contributed by atoms with Gasteiger partial charge in [-0.1, -0.05) is 18.2 Å². The van der Waals surface area contributed by atoms with Gasteiger partial charge in [-0.3, -0.25) is 0 Å². The summed E-state index contributed by atoms with van der Waals surface area (Å²) in [5.74, 6) is -0.830. The first-order valence-corrected chi connectivity index (χ1v) is 8.11. The first-order valence-electron chi connectivity index (χ1n) is 7.30. The van der Waals surface area contributed by atoms with E-state index in [1.54, 1.807) is 11.3 Å². The quantitative estimate of drug-likeness (QED) is 0.491. The van der Waals surface area contributed by atoms with Crippen LogP contribution in [0, 0.1) is 11.6 Å². The molecule has 114 valence electrons. The van der Waals surface area contributed by atoms with E-state index in [0.717, 1.165) is 17.8 Å². The van der Waals surface area contributed by atoms with Crippen molar-refractivity contribution in [2.24, 2.45) is 0 Å². The van der Waals surface area contributed by atoms with E-state index < -0.39 is 11.6 Å². The first-order chi connectivity index (χ1) is 11.2. The monoisotopic (exact) mass is 325 g/mol. The summed E-state index contributed by atoms with van der Waals surface area (Å²) in [6, 6.07) is 17.9. The van der Waals surface area contributed by atoms with Crippen molar-refractivity contribution in [1.29, 1.82) is 0 Å². The molecule has 4 rings (SSSR count). The van der Waals surface area contributed by atoms with E-state index in [-0.39, 0.29) is 6.54 Å². The molecule has 0 radical (unpaired) electrons. The minimum Gasteiger partial charge on any atom is -0.381 e. The van der Waals surface area contributed by atoms with Crippen molar-refractivity contribution in [2.75, 3.05) is 5.32 Å². The Hall–Kier alpha value is -2.46. The van der Waals surface area contributed by atoms with Crippen LogP contribution in [-0.2, 0) is 6.54 Å². The van der Waals surface area contributed by atoms with E-state index in [2.05, 4.69) is 29.6 Å².